The van der Waals surface area contributed by atoms with Gasteiger partial charge in [0.25, 0.3) is 0 Å². The van der Waals surface area contributed by atoms with Crippen molar-refractivity contribution in [3.63, 3.8) is 0 Å². The van der Waals surface area contributed by atoms with Crippen LogP contribution in [0.15, 0.2) is 0 Å². The molecule has 40 valence electrons. The summed E-state index contributed by atoms with van der Waals surface area (Å²) >= 11 is 0. The summed E-state index contributed by atoms with van der Waals surface area (Å²) in [5, 5.41) is 0. The summed E-state index contributed by atoms with van der Waals surface area (Å²) in [6.07, 6.45) is 0. The molecule has 6 nitrogen and oxygen atoms in total. The van der Waals surface area contributed by atoms with Crippen LogP contribution in [0, 0.1) is 11.1 Å². The van der Waals surface area contributed by atoms with Crippen molar-refractivity contribution in [1.82, 2.24) is 4.91 Å². The van der Waals surface area contributed by atoms with E-state index in [9.17, 15) is 0 Å². The maximum atomic E-state index is 8.70. The van der Waals surface area contributed by atoms with Gasteiger partial charge in [-0.15, -0.1) is 9.79 Å². The fraction of sp³-hybridized carbons (Fsp3) is 0. The van der Waals surface area contributed by atoms with Gasteiger partial charge in [0.05, 0.1) is 0 Å². The normalized spacial score (nSPS) is 4.86. The van der Waals surface area contributed by atoms with Crippen LogP contribution in [0.4, 0.5) is 0 Å². The van der Waals surface area contributed by atoms with Crippen LogP contribution >= 0.6 is 8.25 Å². The van der Waals surface area contributed by atoms with Crippen LogP contribution in [0.3, 0.4) is 0 Å². The average molecular weight is 125 g/mol. The van der Waals surface area contributed by atoms with Crippen LogP contribution in [0.5, 0.6) is 0 Å². The number of hydrogen-bond donors (Lipinski definition) is 4. The lowest BCUT2D eigenvalue weighted by atomic mass is 13.0. The van der Waals surface area contributed by atoms with Crippen LogP contribution in [-0.2, 0) is 4.57 Å². The maximum absolute atomic E-state index is 8.70. The van der Waals surface area contributed by atoms with E-state index < -0.39 is 8.25 Å². The summed E-state index contributed by atoms with van der Waals surface area (Å²) in [6, 6.07) is 0. The number of rotatable bonds is 0. The fourth-order valence-electron chi connectivity index (χ4n) is 0. The quantitative estimate of drug-likeness (QED) is 0.203. The minimum Gasteiger partial charge on any atom is -0.134 e. The lowest BCUT2D eigenvalue weighted by Crippen LogP contribution is -1.38. The van der Waals surface area contributed by atoms with E-state index in [2.05, 4.69) is 0 Å². The molecule has 0 radical (unpaired) electrons. The molecule has 0 aromatic rings. The van der Waals surface area contributed by atoms with Gasteiger partial charge in [-0.25, -0.2) is 0 Å². The third-order valence-corrected chi connectivity index (χ3v) is 0. The summed E-state index contributed by atoms with van der Waals surface area (Å²) in [5.74, 6) is 0. The van der Waals surface area contributed by atoms with Gasteiger partial charge in [-0.05, 0) is 0 Å². The third-order valence-electron chi connectivity index (χ3n) is 0. The first-order valence-corrected chi connectivity index (χ1v) is 2.19. The predicted octanol–water partition coefficient (Wildman–Crippen LogP) is -0.256. The maximum Gasteiger partial charge on any atom is 0.692 e. The molecular weight excluding hydrogens is 121 g/mol. The zero-order valence-corrected chi connectivity index (χ0v) is 4.09. The molecule has 0 aliphatic carbocycles. The molecular formula is H4N3O3P+2. The van der Waals surface area contributed by atoms with E-state index in [-0.39, 0.29) is 0 Å². The van der Waals surface area contributed by atoms with Gasteiger partial charge in [-0.1, -0.05) is 0 Å². The van der Waals surface area contributed by atoms with Gasteiger partial charge in [0.2, 0.25) is 4.91 Å². The first kappa shape index (κ1) is 9.59. The van der Waals surface area contributed by atoms with Crippen molar-refractivity contribution in [2.45, 2.75) is 0 Å². The van der Waals surface area contributed by atoms with Crippen molar-refractivity contribution in [1.29, 1.82) is 11.1 Å². The lowest BCUT2D eigenvalue weighted by Gasteiger charge is -1.34. The van der Waals surface area contributed by atoms with Gasteiger partial charge in [0.1, 0.15) is 11.1 Å². The Balaban J connectivity index is 0. The largest absolute Gasteiger partial charge is 0.692 e. The van der Waals surface area contributed by atoms with Gasteiger partial charge in [-0.2, -0.15) is 0 Å². The minimum absolute atomic E-state index is 2.00. The molecule has 0 aromatic heterocycles. The summed E-state index contributed by atoms with van der Waals surface area (Å²) < 4.78 is 8.70. The highest BCUT2D eigenvalue weighted by atomic mass is 31.1. The van der Waals surface area contributed by atoms with Gasteiger partial charge in [0, 0.05) is 4.57 Å². The topological polar surface area (TPSA) is 119 Å². The Hall–Kier alpha value is -0.670. The molecule has 0 saturated heterocycles. The van der Waals surface area contributed by atoms with Crippen molar-refractivity contribution in [3.8, 4) is 0 Å². The molecule has 0 heterocycles. The number of hydrogen-bond acceptors (Lipinski definition) is 3. The Labute approximate surface area is 39.8 Å². The molecule has 0 rings (SSSR count). The summed E-state index contributed by atoms with van der Waals surface area (Å²) in [7, 11) is -2.87. The minimum atomic E-state index is -2.87. The SMILES string of the molecule is N=[N+]=N.O=[P+](O)O. The molecule has 0 aliphatic heterocycles. The summed E-state index contributed by atoms with van der Waals surface area (Å²) in [5.41, 5.74) is 11.0. The van der Waals surface area contributed by atoms with Crippen molar-refractivity contribution < 1.29 is 14.4 Å². The zero-order valence-electron chi connectivity index (χ0n) is 3.20. The molecule has 0 fully saturated rings. The lowest BCUT2D eigenvalue weighted by molar-refractivity contribution is 0.405. The van der Waals surface area contributed by atoms with E-state index >= 15 is 0 Å². The van der Waals surface area contributed by atoms with Crippen LogP contribution in [0.2, 0.25) is 0 Å². The van der Waals surface area contributed by atoms with Crippen molar-refractivity contribution in [3.05, 3.63) is 0 Å². The molecule has 0 spiro atoms. The predicted molar refractivity (Wildman–Crippen MR) is 19.6 cm³/mol. The van der Waals surface area contributed by atoms with E-state index in [0.29, 0.717) is 0 Å². The summed E-state index contributed by atoms with van der Waals surface area (Å²) in [6.45, 7) is 0. The first-order valence-electron chi connectivity index (χ1n) is 1.03. The van der Waals surface area contributed by atoms with E-state index in [1.807, 2.05) is 4.91 Å². The fourth-order valence-corrected chi connectivity index (χ4v) is 0. The van der Waals surface area contributed by atoms with Crippen LogP contribution in [0.25, 0.3) is 0 Å². The Bertz CT molecular complexity index is 78.2. The molecule has 7 heteroatoms. The van der Waals surface area contributed by atoms with E-state index in [1.54, 1.807) is 0 Å². The molecule has 0 aromatic carbocycles. The monoisotopic (exact) mass is 125 g/mol. The molecule has 0 atom stereocenters. The van der Waals surface area contributed by atoms with E-state index in [1.165, 1.54) is 0 Å². The standard InChI is InChI=1S/H2N3.HO3P/c1-3-2;1-4(2)3/h1-2H;(H-,1,2,3)/q+1;/p+1. The molecule has 0 bridgehead atoms. The molecule has 0 unspecified atom stereocenters. The molecule has 0 amide bonds. The first-order chi connectivity index (χ1) is 3.15. The van der Waals surface area contributed by atoms with E-state index in [4.69, 9.17) is 25.4 Å². The Morgan fingerprint density at radius 2 is 1.43 bits per heavy atom. The van der Waals surface area contributed by atoms with Crippen molar-refractivity contribution >= 4 is 8.25 Å². The van der Waals surface area contributed by atoms with Gasteiger partial charge in [0.15, 0.2) is 0 Å². The van der Waals surface area contributed by atoms with E-state index in [0.717, 1.165) is 0 Å². The average Bonchev–Trinajstić information content (AvgIpc) is 1.33. The number of nitrogens with zero attached hydrogens (tertiary/aromatic N) is 1. The summed E-state index contributed by atoms with van der Waals surface area (Å²) in [4.78, 5) is 16.2. The van der Waals surface area contributed by atoms with Crippen molar-refractivity contribution in [2.24, 2.45) is 0 Å². The highest BCUT2D eigenvalue weighted by Gasteiger charge is 1.93. The Morgan fingerprint density at radius 3 is 1.43 bits per heavy atom. The van der Waals surface area contributed by atoms with Gasteiger partial charge >= 0.3 is 8.25 Å². The van der Waals surface area contributed by atoms with Crippen LogP contribution < -0.4 is 4.91 Å². The van der Waals surface area contributed by atoms with Crippen LogP contribution in [-0.4, -0.2) is 9.79 Å². The van der Waals surface area contributed by atoms with Gasteiger partial charge < -0.3 is 0 Å². The molecule has 7 heavy (non-hydrogen) atoms. The second-order valence-corrected chi connectivity index (χ2v) is 0.870. The highest BCUT2D eigenvalue weighted by molar-refractivity contribution is 7.30. The highest BCUT2D eigenvalue weighted by Crippen LogP contribution is 1.98. The second-order valence-electron chi connectivity index (χ2n) is 0.365. The Morgan fingerprint density at radius 1 is 1.43 bits per heavy atom. The zero-order chi connectivity index (χ0) is 6.28. The molecule has 0 aliphatic rings. The van der Waals surface area contributed by atoms with Gasteiger partial charge in [-0.3, -0.25) is 0 Å². The third kappa shape index (κ3) is 132. The second kappa shape index (κ2) is 9.01. The molecule has 0 saturated carbocycles. The Kier molecular flexibility index (Phi) is 12.3. The van der Waals surface area contributed by atoms with Crippen LogP contribution in [0.1, 0.15) is 0 Å². The molecule has 4 N–H and O–H groups in total. The smallest absolute Gasteiger partial charge is 0.134 e. The van der Waals surface area contributed by atoms with Crippen molar-refractivity contribution in [2.75, 3.05) is 0 Å². The number of nitrogens with one attached hydrogen (secondary N) is 2.